The number of amides is 2. The van der Waals surface area contributed by atoms with Crippen LogP contribution in [0.25, 0.3) is 0 Å². The number of nitro benzene ring substituents is 1. The van der Waals surface area contributed by atoms with Crippen molar-refractivity contribution in [2.75, 3.05) is 32.1 Å². The van der Waals surface area contributed by atoms with Gasteiger partial charge in [-0.15, -0.1) is 0 Å². The fraction of sp³-hybridized carbons (Fsp3) is 0.286. The maximum absolute atomic E-state index is 14.1. The van der Waals surface area contributed by atoms with Gasteiger partial charge in [-0.1, -0.05) is 29.8 Å². The van der Waals surface area contributed by atoms with E-state index in [1.807, 2.05) is 0 Å². The van der Waals surface area contributed by atoms with Crippen LogP contribution in [-0.2, 0) is 26.2 Å². The van der Waals surface area contributed by atoms with Gasteiger partial charge in [-0.3, -0.25) is 24.0 Å². The number of anilines is 1. The molecule has 0 fully saturated rings. The third-order valence-corrected chi connectivity index (χ3v) is 8.55. The summed E-state index contributed by atoms with van der Waals surface area (Å²) in [5.41, 5.74) is 0.400. The first-order valence-corrected chi connectivity index (χ1v) is 14.4. The average Bonchev–Trinajstić information content (AvgIpc) is 2.97. The van der Waals surface area contributed by atoms with E-state index in [0.29, 0.717) is 11.3 Å². The smallest absolute Gasteiger partial charge is 0.273 e. The van der Waals surface area contributed by atoms with E-state index < -0.39 is 49.9 Å². The van der Waals surface area contributed by atoms with Crippen molar-refractivity contribution in [2.24, 2.45) is 0 Å². The number of sulfonamides is 1. The fourth-order valence-electron chi connectivity index (χ4n) is 4.20. The van der Waals surface area contributed by atoms with Crippen LogP contribution in [0, 0.1) is 17.0 Å². The molecule has 12 nitrogen and oxygen atoms in total. The molecule has 0 bridgehead atoms. The number of aryl methyl sites for hydroxylation is 1. The van der Waals surface area contributed by atoms with Crippen molar-refractivity contribution < 1.29 is 32.4 Å². The maximum Gasteiger partial charge on any atom is 0.273 e. The van der Waals surface area contributed by atoms with Gasteiger partial charge in [0.05, 0.1) is 29.7 Å². The van der Waals surface area contributed by atoms with Gasteiger partial charge in [0.2, 0.25) is 11.8 Å². The van der Waals surface area contributed by atoms with Crippen LogP contribution in [0.5, 0.6) is 11.5 Å². The molecule has 0 unspecified atom stereocenters. The molecule has 3 aromatic rings. The monoisotopic (exact) mass is 618 g/mol. The largest absolute Gasteiger partial charge is 0.497 e. The number of methoxy groups -OCH3 is 2. The zero-order valence-electron chi connectivity index (χ0n) is 23.7. The second-order valence-corrected chi connectivity index (χ2v) is 11.5. The fourth-order valence-corrected chi connectivity index (χ4v) is 5.81. The van der Waals surface area contributed by atoms with E-state index in [-0.39, 0.29) is 28.6 Å². The lowest BCUT2D eigenvalue weighted by Gasteiger charge is -2.32. The SMILES string of the molecule is CNC(=O)[C@H](C)N(Cc1cccc(OC)c1)C(=O)CN(c1cc(Cl)ccc1OC)S(=O)(=O)c1ccc(C)c([N+](=O)[O-])c1. The number of hydrogen-bond donors (Lipinski definition) is 1. The van der Waals surface area contributed by atoms with Crippen molar-refractivity contribution in [3.63, 3.8) is 0 Å². The van der Waals surface area contributed by atoms with E-state index >= 15 is 0 Å². The van der Waals surface area contributed by atoms with Crippen LogP contribution in [0.15, 0.2) is 65.6 Å². The van der Waals surface area contributed by atoms with Gasteiger partial charge in [-0.25, -0.2) is 8.42 Å². The highest BCUT2D eigenvalue weighted by molar-refractivity contribution is 7.92. The number of halogens is 1. The van der Waals surface area contributed by atoms with E-state index in [1.54, 1.807) is 24.3 Å². The molecule has 1 N–H and O–H groups in total. The van der Waals surface area contributed by atoms with Crippen LogP contribution in [0.3, 0.4) is 0 Å². The molecular formula is C28H31ClN4O8S. The summed E-state index contributed by atoms with van der Waals surface area (Å²) < 4.78 is 39.6. The molecule has 14 heteroatoms. The summed E-state index contributed by atoms with van der Waals surface area (Å²) in [6, 6.07) is 13.5. The van der Waals surface area contributed by atoms with Gasteiger partial charge < -0.3 is 19.7 Å². The predicted octanol–water partition coefficient (Wildman–Crippen LogP) is 3.93. The van der Waals surface area contributed by atoms with Gasteiger partial charge in [0, 0.05) is 30.2 Å². The van der Waals surface area contributed by atoms with E-state index in [4.69, 9.17) is 21.1 Å². The zero-order chi connectivity index (χ0) is 31.2. The van der Waals surface area contributed by atoms with E-state index in [0.717, 1.165) is 10.4 Å². The number of nitrogens with zero attached hydrogens (tertiary/aromatic N) is 3. The number of nitro groups is 1. The molecule has 224 valence electrons. The van der Waals surface area contributed by atoms with Crippen molar-refractivity contribution >= 4 is 44.8 Å². The Morgan fingerprint density at radius 1 is 1.07 bits per heavy atom. The predicted molar refractivity (Wildman–Crippen MR) is 157 cm³/mol. The summed E-state index contributed by atoms with van der Waals surface area (Å²) in [6.45, 7) is 2.15. The first-order chi connectivity index (χ1) is 19.8. The van der Waals surface area contributed by atoms with Crippen molar-refractivity contribution in [1.29, 1.82) is 0 Å². The number of benzene rings is 3. The molecule has 0 aromatic heterocycles. The van der Waals surface area contributed by atoms with Crippen LogP contribution in [-0.4, -0.2) is 63.9 Å². The van der Waals surface area contributed by atoms with E-state index in [9.17, 15) is 28.1 Å². The van der Waals surface area contributed by atoms with Crippen LogP contribution >= 0.6 is 11.6 Å². The Hall–Kier alpha value is -4.36. The van der Waals surface area contributed by atoms with Crippen LogP contribution in [0.1, 0.15) is 18.1 Å². The summed E-state index contributed by atoms with van der Waals surface area (Å²) in [4.78, 5) is 38.3. The van der Waals surface area contributed by atoms with Crippen molar-refractivity contribution in [2.45, 2.75) is 31.3 Å². The molecule has 0 saturated heterocycles. The quantitative estimate of drug-likeness (QED) is 0.237. The third-order valence-electron chi connectivity index (χ3n) is 6.55. The molecule has 0 saturated carbocycles. The summed E-state index contributed by atoms with van der Waals surface area (Å²) in [6.07, 6.45) is 0. The normalized spacial score (nSPS) is 11.8. The minimum Gasteiger partial charge on any atom is -0.497 e. The molecule has 0 radical (unpaired) electrons. The summed E-state index contributed by atoms with van der Waals surface area (Å²) in [5.74, 6) is -0.603. The maximum atomic E-state index is 14.1. The first-order valence-electron chi connectivity index (χ1n) is 12.6. The lowest BCUT2D eigenvalue weighted by atomic mass is 10.1. The Kier molecular flexibility index (Phi) is 10.4. The molecule has 42 heavy (non-hydrogen) atoms. The summed E-state index contributed by atoms with van der Waals surface area (Å²) >= 11 is 6.22. The lowest BCUT2D eigenvalue weighted by molar-refractivity contribution is -0.385. The molecule has 1 atom stereocenters. The highest BCUT2D eigenvalue weighted by atomic mass is 35.5. The van der Waals surface area contributed by atoms with E-state index in [2.05, 4.69) is 5.32 Å². The topological polar surface area (TPSA) is 148 Å². The van der Waals surface area contributed by atoms with Gasteiger partial charge in [0.25, 0.3) is 15.7 Å². The number of rotatable bonds is 12. The Morgan fingerprint density at radius 2 is 1.79 bits per heavy atom. The van der Waals surface area contributed by atoms with Gasteiger partial charge in [-0.2, -0.15) is 0 Å². The molecule has 2 amide bonds. The highest BCUT2D eigenvalue weighted by Gasteiger charge is 2.34. The number of hydrogen-bond acceptors (Lipinski definition) is 8. The number of carbonyl (C=O) groups excluding carboxylic acids is 2. The average molecular weight is 619 g/mol. The minimum atomic E-state index is -4.62. The van der Waals surface area contributed by atoms with Crippen LogP contribution < -0.4 is 19.1 Å². The van der Waals surface area contributed by atoms with Crippen LogP contribution in [0.2, 0.25) is 5.02 Å². The van der Waals surface area contributed by atoms with Gasteiger partial charge in [0.15, 0.2) is 0 Å². The van der Waals surface area contributed by atoms with E-state index in [1.165, 1.54) is 70.3 Å². The van der Waals surface area contributed by atoms with Gasteiger partial charge in [-0.05, 0) is 55.8 Å². The molecule has 0 aliphatic heterocycles. The van der Waals surface area contributed by atoms with Crippen molar-refractivity contribution in [3.05, 3.63) is 86.9 Å². The zero-order valence-corrected chi connectivity index (χ0v) is 25.2. The first kappa shape index (κ1) is 32.2. The van der Waals surface area contributed by atoms with Crippen molar-refractivity contribution in [1.82, 2.24) is 10.2 Å². The molecular weight excluding hydrogens is 588 g/mol. The number of likely N-dealkylation sites (N-methyl/N-ethyl adjacent to an activating group) is 1. The number of carbonyl (C=O) groups is 2. The second kappa shape index (κ2) is 13.5. The molecule has 3 rings (SSSR count). The number of nitrogens with one attached hydrogen (secondary N) is 1. The van der Waals surface area contributed by atoms with Crippen molar-refractivity contribution in [3.8, 4) is 11.5 Å². The third kappa shape index (κ3) is 7.09. The lowest BCUT2D eigenvalue weighted by Crippen LogP contribution is -2.50. The highest BCUT2D eigenvalue weighted by Crippen LogP contribution is 2.36. The minimum absolute atomic E-state index is 0.0544. The van der Waals surface area contributed by atoms with Crippen LogP contribution in [0.4, 0.5) is 11.4 Å². The molecule has 0 aliphatic carbocycles. The standard InChI is InChI=1S/C28H31ClN4O8S/c1-18-9-11-23(15-24(18)33(36)37)42(38,39)32(25-14-21(29)10-12-26(25)41-5)17-27(34)31(19(2)28(35)30-3)16-20-7-6-8-22(13-20)40-4/h6-15,19H,16-17H2,1-5H3,(H,30,35)/t19-/m0/s1. The van der Waals surface area contributed by atoms with Gasteiger partial charge >= 0.3 is 0 Å². The Balaban J connectivity index is 2.17. The molecule has 3 aromatic carbocycles. The van der Waals surface area contributed by atoms with Gasteiger partial charge in [0.1, 0.15) is 24.1 Å². The Labute approximate surface area is 249 Å². The molecule has 0 heterocycles. The summed E-state index contributed by atoms with van der Waals surface area (Å²) in [7, 11) is -0.386. The Bertz CT molecular complexity index is 1600. The molecule has 0 aliphatic rings. The Morgan fingerprint density at radius 3 is 2.40 bits per heavy atom. The summed E-state index contributed by atoms with van der Waals surface area (Å²) in [5, 5.41) is 14.3. The molecule has 0 spiro atoms. The number of ether oxygens (including phenoxy) is 2. The second-order valence-electron chi connectivity index (χ2n) is 9.20.